The number of benzene rings is 1. The first-order valence-electron chi connectivity index (χ1n) is 7.88. The van der Waals surface area contributed by atoms with Crippen LogP contribution in [0.15, 0.2) is 41.5 Å². The van der Waals surface area contributed by atoms with E-state index in [1.807, 2.05) is 24.3 Å². The Balaban J connectivity index is 1.77. The summed E-state index contributed by atoms with van der Waals surface area (Å²) in [6, 6.07) is 5.01. The molecule has 0 aromatic heterocycles. The zero-order chi connectivity index (χ0) is 16.3. The summed E-state index contributed by atoms with van der Waals surface area (Å²) in [6.07, 6.45) is 3.46. The second-order valence-electron chi connectivity index (χ2n) is 6.64. The number of Topliss-reactive ketones (excluding diaryl/α,β-unsaturated/α-hetero) is 1. The van der Waals surface area contributed by atoms with Gasteiger partial charge in [-0.3, -0.25) is 14.9 Å². The molecular weight excluding hydrogens is 294 g/mol. The molecule has 3 unspecified atom stereocenters. The van der Waals surface area contributed by atoms with Crippen molar-refractivity contribution in [2.75, 3.05) is 0 Å². The average Bonchev–Trinajstić information content (AvgIpc) is 3.03. The second-order valence-corrected chi connectivity index (χ2v) is 6.64. The maximum absolute atomic E-state index is 12.8. The minimum atomic E-state index is -0.935. The lowest BCUT2D eigenvalue weighted by Crippen LogP contribution is -2.27. The van der Waals surface area contributed by atoms with E-state index in [4.69, 9.17) is 4.74 Å². The fourth-order valence-electron chi connectivity index (χ4n) is 3.80. The summed E-state index contributed by atoms with van der Waals surface area (Å²) < 4.78 is 6.04. The van der Waals surface area contributed by atoms with E-state index in [0.29, 0.717) is 17.1 Å². The molecule has 3 atom stereocenters. The summed E-state index contributed by atoms with van der Waals surface area (Å²) in [5.74, 6) is 0.541. The van der Waals surface area contributed by atoms with Crippen LogP contribution in [0.4, 0.5) is 0 Å². The predicted octanol–water partition coefficient (Wildman–Crippen LogP) is 3.14. The molecule has 118 valence electrons. The van der Waals surface area contributed by atoms with Crippen LogP contribution in [0.1, 0.15) is 43.2 Å². The van der Waals surface area contributed by atoms with Crippen LogP contribution in [0, 0.1) is 10.1 Å². The minimum Gasteiger partial charge on any atom is -0.484 e. The Bertz CT molecular complexity index is 790. The Labute approximate surface area is 133 Å². The van der Waals surface area contributed by atoms with Crippen LogP contribution in [0.2, 0.25) is 0 Å². The average molecular weight is 311 g/mol. The third kappa shape index (κ3) is 1.89. The van der Waals surface area contributed by atoms with Crippen LogP contribution < -0.4 is 4.74 Å². The van der Waals surface area contributed by atoms with Crippen LogP contribution in [0.3, 0.4) is 0 Å². The topological polar surface area (TPSA) is 69.4 Å². The summed E-state index contributed by atoms with van der Waals surface area (Å²) >= 11 is 0. The summed E-state index contributed by atoms with van der Waals surface area (Å²) in [5, 5.41) is 11.3. The molecule has 1 aromatic carbocycles. The molecule has 1 aromatic rings. The molecule has 3 aliphatic rings. The van der Waals surface area contributed by atoms with Gasteiger partial charge in [-0.25, -0.2) is 0 Å². The van der Waals surface area contributed by atoms with Gasteiger partial charge in [0.1, 0.15) is 11.9 Å². The Kier molecular flexibility index (Phi) is 2.95. The first-order valence-corrected chi connectivity index (χ1v) is 7.88. The van der Waals surface area contributed by atoms with Gasteiger partial charge in [0.05, 0.1) is 11.5 Å². The molecule has 0 spiro atoms. The van der Waals surface area contributed by atoms with Crippen molar-refractivity contribution in [1.82, 2.24) is 0 Å². The van der Waals surface area contributed by atoms with Gasteiger partial charge in [-0.2, -0.15) is 0 Å². The number of fused-ring (bicyclic) bond motifs is 4. The minimum absolute atomic E-state index is 0.146. The Hall–Kier alpha value is -2.43. The third-order valence-corrected chi connectivity index (χ3v) is 5.01. The molecule has 23 heavy (non-hydrogen) atoms. The number of ketones is 1. The van der Waals surface area contributed by atoms with Gasteiger partial charge >= 0.3 is 0 Å². The molecule has 0 bridgehead atoms. The van der Waals surface area contributed by atoms with Crippen molar-refractivity contribution >= 4 is 5.78 Å². The van der Waals surface area contributed by atoms with Crippen molar-refractivity contribution in [3.63, 3.8) is 0 Å². The van der Waals surface area contributed by atoms with Crippen LogP contribution in [-0.4, -0.2) is 22.9 Å². The number of hydrogen-bond donors (Lipinski definition) is 0. The fraction of sp³-hybridized carbons (Fsp3) is 0.389. The predicted molar refractivity (Wildman–Crippen MR) is 84.3 cm³/mol. The molecule has 1 aliphatic heterocycles. The molecular formula is C18H17NO4. The zero-order valence-corrected chi connectivity index (χ0v) is 13.0. The van der Waals surface area contributed by atoms with Crippen molar-refractivity contribution in [3.05, 3.63) is 62.7 Å². The quantitative estimate of drug-likeness (QED) is 0.621. The van der Waals surface area contributed by atoms with E-state index in [2.05, 4.69) is 13.8 Å². The Morgan fingerprint density at radius 1 is 1.35 bits per heavy atom. The van der Waals surface area contributed by atoms with E-state index in [0.717, 1.165) is 16.9 Å². The Morgan fingerprint density at radius 2 is 2.13 bits per heavy atom. The standard InChI is InChI=1S/C18H17NO4/c1-9(2)10-6-7-11-14(8-10)23-18-12-4-3-5-13(19(21)22)15(12)17(20)16(11)18/h3-4,6-9,13,16,18H,5H2,1-2H3. The first-order chi connectivity index (χ1) is 11.0. The van der Waals surface area contributed by atoms with Gasteiger partial charge in [-0.15, -0.1) is 0 Å². The van der Waals surface area contributed by atoms with E-state index in [9.17, 15) is 14.9 Å². The van der Waals surface area contributed by atoms with Crippen LogP contribution in [0.25, 0.3) is 0 Å². The van der Waals surface area contributed by atoms with Gasteiger partial charge in [0.2, 0.25) is 6.04 Å². The number of rotatable bonds is 2. The van der Waals surface area contributed by atoms with E-state index < -0.39 is 18.1 Å². The smallest absolute Gasteiger partial charge is 0.245 e. The SMILES string of the molecule is CC(C)c1ccc2c(c1)OC1C3=C(C(=O)C21)C([N+](=O)[O-])CC=C3. The highest BCUT2D eigenvalue weighted by atomic mass is 16.6. The number of ether oxygens (including phenoxy) is 1. The van der Waals surface area contributed by atoms with Gasteiger partial charge < -0.3 is 4.74 Å². The number of nitrogens with zero attached hydrogens (tertiary/aromatic N) is 1. The molecule has 0 saturated carbocycles. The first kappa shape index (κ1) is 14.2. The van der Waals surface area contributed by atoms with Crippen molar-refractivity contribution in [2.24, 2.45) is 0 Å². The van der Waals surface area contributed by atoms with E-state index in [-0.39, 0.29) is 17.1 Å². The van der Waals surface area contributed by atoms with Gasteiger partial charge in [0, 0.05) is 22.5 Å². The number of hydrogen-bond acceptors (Lipinski definition) is 4. The monoisotopic (exact) mass is 311 g/mol. The van der Waals surface area contributed by atoms with Gasteiger partial charge in [-0.05, 0) is 17.5 Å². The van der Waals surface area contributed by atoms with Gasteiger partial charge in [0.15, 0.2) is 5.78 Å². The Morgan fingerprint density at radius 3 is 2.83 bits per heavy atom. The highest BCUT2D eigenvalue weighted by molar-refractivity contribution is 6.07. The molecule has 0 N–H and O–H groups in total. The summed E-state index contributed by atoms with van der Waals surface area (Å²) in [5.41, 5.74) is 3.04. The maximum atomic E-state index is 12.8. The summed E-state index contributed by atoms with van der Waals surface area (Å²) in [7, 11) is 0. The molecule has 0 amide bonds. The zero-order valence-electron chi connectivity index (χ0n) is 13.0. The summed E-state index contributed by atoms with van der Waals surface area (Å²) in [4.78, 5) is 23.8. The fourth-order valence-corrected chi connectivity index (χ4v) is 3.80. The highest BCUT2D eigenvalue weighted by Gasteiger charge is 2.53. The summed E-state index contributed by atoms with van der Waals surface area (Å²) in [6.45, 7) is 4.21. The second kappa shape index (κ2) is 4.78. The molecule has 5 heteroatoms. The molecule has 5 nitrogen and oxygen atoms in total. The van der Waals surface area contributed by atoms with E-state index in [1.165, 1.54) is 0 Å². The highest BCUT2D eigenvalue weighted by Crippen LogP contribution is 2.50. The van der Waals surface area contributed by atoms with Crippen molar-refractivity contribution < 1.29 is 14.5 Å². The number of carbonyl (C=O) groups is 1. The number of carbonyl (C=O) groups excluding carboxylic acids is 1. The van der Waals surface area contributed by atoms with Gasteiger partial charge in [-0.1, -0.05) is 38.1 Å². The van der Waals surface area contributed by atoms with Crippen LogP contribution in [0.5, 0.6) is 5.75 Å². The van der Waals surface area contributed by atoms with E-state index in [1.54, 1.807) is 6.08 Å². The van der Waals surface area contributed by atoms with Crippen molar-refractivity contribution in [3.8, 4) is 5.75 Å². The third-order valence-electron chi connectivity index (χ3n) is 5.01. The van der Waals surface area contributed by atoms with Crippen LogP contribution >= 0.6 is 0 Å². The van der Waals surface area contributed by atoms with Crippen molar-refractivity contribution in [1.29, 1.82) is 0 Å². The van der Waals surface area contributed by atoms with Crippen molar-refractivity contribution in [2.45, 2.75) is 44.2 Å². The normalized spacial score (nSPS) is 27.8. The van der Waals surface area contributed by atoms with Gasteiger partial charge in [0.25, 0.3) is 0 Å². The lowest BCUT2D eigenvalue weighted by atomic mass is 9.90. The molecule has 0 radical (unpaired) electrons. The molecule has 4 rings (SSSR count). The lowest BCUT2D eigenvalue weighted by molar-refractivity contribution is -0.510. The maximum Gasteiger partial charge on any atom is 0.245 e. The van der Waals surface area contributed by atoms with E-state index >= 15 is 0 Å². The number of nitro groups is 1. The lowest BCUT2D eigenvalue weighted by Gasteiger charge is -2.16. The largest absolute Gasteiger partial charge is 0.484 e. The molecule has 0 fully saturated rings. The van der Waals surface area contributed by atoms with Crippen LogP contribution in [-0.2, 0) is 4.79 Å². The molecule has 2 aliphatic carbocycles. The molecule has 1 heterocycles. The molecule has 0 saturated heterocycles.